The number of para-hydroxylation sites is 1. The van der Waals surface area contributed by atoms with E-state index in [9.17, 15) is 12.8 Å². The molecule has 0 saturated heterocycles. The lowest BCUT2D eigenvalue weighted by molar-refractivity contribution is 0.580. The standard InChI is InChI=1S/C16H15FN2O2S/c1-11-15(14-4-2-3-5-16(14)19-11)10-18-22(20,21)13-8-6-12(17)7-9-13/h2-9,18-19H,10H2,1H3. The fraction of sp³-hybridized carbons (Fsp3) is 0.125. The van der Waals surface area contributed by atoms with E-state index >= 15 is 0 Å². The molecule has 0 saturated carbocycles. The summed E-state index contributed by atoms with van der Waals surface area (Å²) in [5.74, 6) is -0.466. The summed E-state index contributed by atoms with van der Waals surface area (Å²) in [6.07, 6.45) is 0. The second-order valence-corrected chi connectivity index (χ2v) is 6.82. The summed E-state index contributed by atoms with van der Waals surface area (Å²) in [5.41, 5.74) is 2.79. The van der Waals surface area contributed by atoms with Crippen LogP contribution in [0.1, 0.15) is 11.3 Å². The Hall–Kier alpha value is -2.18. The number of nitrogens with one attached hydrogen (secondary N) is 2. The smallest absolute Gasteiger partial charge is 0.240 e. The Morgan fingerprint density at radius 2 is 1.77 bits per heavy atom. The third kappa shape index (κ3) is 2.75. The zero-order valence-electron chi connectivity index (χ0n) is 11.9. The Balaban J connectivity index is 1.87. The molecule has 2 aromatic carbocycles. The number of aromatic nitrogens is 1. The molecule has 1 heterocycles. The normalized spacial score (nSPS) is 11.9. The average Bonchev–Trinajstić information content (AvgIpc) is 2.81. The molecule has 0 unspecified atom stereocenters. The average molecular weight is 318 g/mol. The molecule has 0 aliphatic heterocycles. The molecule has 1 aromatic heterocycles. The van der Waals surface area contributed by atoms with Crippen molar-refractivity contribution in [3.05, 3.63) is 65.6 Å². The van der Waals surface area contributed by atoms with Crippen molar-refractivity contribution in [2.75, 3.05) is 0 Å². The van der Waals surface area contributed by atoms with Gasteiger partial charge in [0.2, 0.25) is 10.0 Å². The number of sulfonamides is 1. The van der Waals surface area contributed by atoms with Gasteiger partial charge in [0, 0.05) is 23.1 Å². The van der Waals surface area contributed by atoms with Crippen LogP contribution in [0.25, 0.3) is 10.9 Å². The number of aromatic amines is 1. The van der Waals surface area contributed by atoms with Gasteiger partial charge in [0.1, 0.15) is 5.82 Å². The first-order valence-corrected chi connectivity index (χ1v) is 8.27. The summed E-state index contributed by atoms with van der Waals surface area (Å²) >= 11 is 0. The molecule has 0 fully saturated rings. The molecule has 0 aliphatic carbocycles. The molecule has 6 heteroatoms. The van der Waals surface area contributed by atoms with Gasteiger partial charge in [0.15, 0.2) is 0 Å². The summed E-state index contributed by atoms with van der Waals surface area (Å²) in [5, 5.41) is 0.988. The Bertz CT molecular complexity index is 915. The number of H-pyrrole nitrogens is 1. The van der Waals surface area contributed by atoms with E-state index in [1.165, 1.54) is 12.1 Å². The summed E-state index contributed by atoms with van der Waals surface area (Å²) in [4.78, 5) is 3.27. The van der Waals surface area contributed by atoms with Crippen LogP contribution in [0.5, 0.6) is 0 Å². The molecule has 4 nitrogen and oxygen atoms in total. The van der Waals surface area contributed by atoms with E-state index in [0.717, 1.165) is 34.3 Å². The fourth-order valence-electron chi connectivity index (χ4n) is 2.43. The number of hydrogen-bond acceptors (Lipinski definition) is 2. The van der Waals surface area contributed by atoms with Gasteiger partial charge in [-0.1, -0.05) is 18.2 Å². The Labute approximate surface area is 128 Å². The highest BCUT2D eigenvalue weighted by molar-refractivity contribution is 7.89. The lowest BCUT2D eigenvalue weighted by atomic mass is 10.1. The van der Waals surface area contributed by atoms with E-state index < -0.39 is 15.8 Å². The number of rotatable bonds is 4. The summed E-state index contributed by atoms with van der Waals surface area (Å²) < 4.78 is 39.9. The molecule has 0 spiro atoms. The molecule has 3 rings (SSSR count). The highest BCUT2D eigenvalue weighted by Gasteiger charge is 2.16. The molecule has 22 heavy (non-hydrogen) atoms. The van der Waals surface area contributed by atoms with Crippen molar-refractivity contribution in [3.8, 4) is 0 Å². The summed E-state index contributed by atoms with van der Waals surface area (Å²) in [6, 6.07) is 12.5. The van der Waals surface area contributed by atoms with Gasteiger partial charge in [-0.15, -0.1) is 0 Å². The first-order chi connectivity index (χ1) is 10.5. The Morgan fingerprint density at radius 1 is 1.09 bits per heavy atom. The predicted octanol–water partition coefficient (Wildman–Crippen LogP) is 3.09. The topological polar surface area (TPSA) is 62.0 Å². The van der Waals surface area contributed by atoms with Crippen molar-refractivity contribution in [2.24, 2.45) is 0 Å². The van der Waals surface area contributed by atoms with E-state index in [-0.39, 0.29) is 11.4 Å². The minimum atomic E-state index is -3.67. The molecule has 0 amide bonds. The van der Waals surface area contributed by atoms with Crippen LogP contribution in [-0.4, -0.2) is 13.4 Å². The zero-order valence-corrected chi connectivity index (χ0v) is 12.7. The highest BCUT2D eigenvalue weighted by atomic mass is 32.2. The maximum atomic E-state index is 12.9. The zero-order chi connectivity index (χ0) is 15.7. The Kier molecular flexibility index (Phi) is 3.72. The summed E-state index contributed by atoms with van der Waals surface area (Å²) in [6.45, 7) is 2.08. The van der Waals surface area contributed by atoms with Gasteiger partial charge in [-0.05, 0) is 42.8 Å². The molecular formula is C16H15FN2O2S. The third-order valence-electron chi connectivity index (χ3n) is 3.59. The molecule has 2 N–H and O–H groups in total. The lowest BCUT2D eigenvalue weighted by Crippen LogP contribution is -2.23. The van der Waals surface area contributed by atoms with Crippen molar-refractivity contribution < 1.29 is 12.8 Å². The van der Waals surface area contributed by atoms with Crippen LogP contribution in [0.4, 0.5) is 4.39 Å². The second kappa shape index (κ2) is 5.55. The van der Waals surface area contributed by atoms with E-state index in [1.807, 2.05) is 31.2 Å². The van der Waals surface area contributed by atoms with Crippen molar-refractivity contribution in [1.29, 1.82) is 0 Å². The fourth-order valence-corrected chi connectivity index (χ4v) is 3.42. The minimum Gasteiger partial charge on any atom is -0.358 e. The van der Waals surface area contributed by atoms with Gasteiger partial charge >= 0.3 is 0 Å². The first-order valence-electron chi connectivity index (χ1n) is 6.79. The third-order valence-corrected chi connectivity index (χ3v) is 5.01. The number of hydrogen-bond donors (Lipinski definition) is 2. The molecule has 0 aliphatic rings. The monoisotopic (exact) mass is 318 g/mol. The van der Waals surface area contributed by atoms with Crippen molar-refractivity contribution >= 4 is 20.9 Å². The minimum absolute atomic E-state index is 0.0476. The van der Waals surface area contributed by atoms with Crippen LogP contribution in [-0.2, 0) is 16.6 Å². The van der Waals surface area contributed by atoms with Crippen LogP contribution in [0.3, 0.4) is 0 Å². The maximum absolute atomic E-state index is 12.9. The van der Waals surface area contributed by atoms with Gasteiger partial charge in [-0.2, -0.15) is 0 Å². The maximum Gasteiger partial charge on any atom is 0.240 e. The van der Waals surface area contributed by atoms with Crippen molar-refractivity contribution in [2.45, 2.75) is 18.4 Å². The van der Waals surface area contributed by atoms with Crippen molar-refractivity contribution in [3.63, 3.8) is 0 Å². The van der Waals surface area contributed by atoms with Crippen LogP contribution in [0.2, 0.25) is 0 Å². The number of halogens is 1. The first kappa shape index (κ1) is 14.7. The molecule has 0 radical (unpaired) electrons. The van der Waals surface area contributed by atoms with Crippen LogP contribution < -0.4 is 4.72 Å². The number of fused-ring (bicyclic) bond motifs is 1. The van der Waals surface area contributed by atoms with Gasteiger partial charge in [-0.3, -0.25) is 0 Å². The van der Waals surface area contributed by atoms with E-state index in [4.69, 9.17) is 0 Å². The predicted molar refractivity (Wildman–Crippen MR) is 83.5 cm³/mol. The van der Waals surface area contributed by atoms with Gasteiger partial charge < -0.3 is 4.98 Å². The molecular weight excluding hydrogens is 303 g/mol. The summed E-state index contributed by atoms with van der Waals surface area (Å²) in [7, 11) is -3.67. The lowest BCUT2D eigenvalue weighted by Gasteiger charge is -2.07. The molecule has 3 aromatic rings. The Morgan fingerprint density at radius 3 is 2.50 bits per heavy atom. The SMILES string of the molecule is Cc1[nH]c2ccccc2c1CNS(=O)(=O)c1ccc(F)cc1. The number of aryl methyl sites for hydroxylation is 1. The second-order valence-electron chi connectivity index (χ2n) is 5.05. The quantitative estimate of drug-likeness (QED) is 0.776. The van der Waals surface area contributed by atoms with Gasteiger partial charge in [-0.25, -0.2) is 17.5 Å². The molecule has 0 bridgehead atoms. The molecule has 114 valence electrons. The highest BCUT2D eigenvalue weighted by Crippen LogP contribution is 2.22. The van der Waals surface area contributed by atoms with E-state index in [2.05, 4.69) is 9.71 Å². The van der Waals surface area contributed by atoms with Crippen LogP contribution in [0, 0.1) is 12.7 Å². The van der Waals surface area contributed by atoms with Crippen LogP contribution >= 0.6 is 0 Å². The van der Waals surface area contributed by atoms with Gasteiger partial charge in [0.05, 0.1) is 4.90 Å². The van der Waals surface area contributed by atoms with Crippen molar-refractivity contribution in [1.82, 2.24) is 9.71 Å². The van der Waals surface area contributed by atoms with Crippen LogP contribution in [0.15, 0.2) is 53.4 Å². The van der Waals surface area contributed by atoms with E-state index in [1.54, 1.807) is 0 Å². The largest absolute Gasteiger partial charge is 0.358 e. The van der Waals surface area contributed by atoms with E-state index in [0.29, 0.717) is 0 Å². The van der Waals surface area contributed by atoms with Gasteiger partial charge in [0.25, 0.3) is 0 Å². The molecule has 0 atom stereocenters. The number of benzene rings is 2.